The molecule has 0 radical (unpaired) electrons. The summed E-state index contributed by atoms with van der Waals surface area (Å²) in [5.41, 5.74) is 3.58. The summed E-state index contributed by atoms with van der Waals surface area (Å²) in [7, 11) is 0. The second-order valence-corrected chi connectivity index (χ2v) is 8.52. The van der Waals surface area contributed by atoms with Crippen LogP contribution in [0.5, 0.6) is 0 Å². The molecule has 4 atom stereocenters. The van der Waals surface area contributed by atoms with Gasteiger partial charge in [0.1, 0.15) is 6.10 Å². The molecule has 0 aromatic carbocycles. The molecule has 22 heavy (non-hydrogen) atoms. The third kappa shape index (κ3) is 2.45. The minimum absolute atomic E-state index is 0.0941. The fraction of sp³-hybridized carbons (Fsp3) is 0.750. The summed E-state index contributed by atoms with van der Waals surface area (Å²) < 4.78 is 5.48. The molecule has 2 fully saturated rings. The number of esters is 1. The van der Waals surface area contributed by atoms with Gasteiger partial charge in [-0.25, -0.2) is 0 Å². The van der Waals surface area contributed by atoms with Gasteiger partial charge in [0.2, 0.25) is 0 Å². The molecular formula is C20H30O2. The van der Waals surface area contributed by atoms with E-state index in [1.54, 1.807) is 5.57 Å². The van der Waals surface area contributed by atoms with E-state index in [4.69, 9.17) is 4.74 Å². The Labute approximate surface area is 135 Å². The van der Waals surface area contributed by atoms with Crippen LogP contribution in [0.1, 0.15) is 66.2 Å². The average Bonchev–Trinajstić information content (AvgIpc) is 2.43. The first-order chi connectivity index (χ1) is 10.2. The molecule has 122 valence electrons. The highest BCUT2D eigenvalue weighted by molar-refractivity contribution is 5.66. The molecule has 2 nitrogen and oxygen atoms in total. The standard InChI is InChI=1S/C20H30O2/c1-13-17-7-6-15-12-16(22-14(2)21)8-11-20(15,5)18(17)9-10-19(13,3)4/h6,16-18H,1,7-12H2,2-5H3. The van der Waals surface area contributed by atoms with Crippen LogP contribution in [0.15, 0.2) is 23.8 Å². The van der Waals surface area contributed by atoms with Gasteiger partial charge in [0.25, 0.3) is 0 Å². The molecule has 4 unspecified atom stereocenters. The number of hydrogen-bond acceptors (Lipinski definition) is 2. The number of rotatable bonds is 1. The van der Waals surface area contributed by atoms with Crippen molar-refractivity contribution in [2.45, 2.75) is 72.3 Å². The van der Waals surface area contributed by atoms with Gasteiger partial charge in [-0.05, 0) is 54.8 Å². The number of carbonyl (C=O) groups is 1. The van der Waals surface area contributed by atoms with E-state index in [1.807, 2.05) is 0 Å². The van der Waals surface area contributed by atoms with Gasteiger partial charge < -0.3 is 4.74 Å². The lowest BCUT2D eigenvalue weighted by atomic mass is 9.49. The van der Waals surface area contributed by atoms with Crippen molar-refractivity contribution in [3.63, 3.8) is 0 Å². The summed E-state index contributed by atoms with van der Waals surface area (Å²) in [4.78, 5) is 11.2. The van der Waals surface area contributed by atoms with Crippen LogP contribution in [-0.2, 0) is 9.53 Å². The Morgan fingerprint density at radius 3 is 2.68 bits per heavy atom. The van der Waals surface area contributed by atoms with Crippen LogP contribution in [0.3, 0.4) is 0 Å². The topological polar surface area (TPSA) is 26.3 Å². The first-order valence-electron chi connectivity index (χ1n) is 8.80. The molecule has 0 heterocycles. The van der Waals surface area contributed by atoms with Crippen LogP contribution in [-0.4, -0.2) is 12.1 Å². The lowest BCUT2D eigenvalue weighted by Gasteiger charge is -2.55. The Balaban J connectivity index is 1.84. The SMILES string of the molecule is C=C1C2CC=C3CC(OC(C)=O)CCC3(C)C2CCC1(C)C. The predicted molar refractivity (Wildman–Crippen MR) is 89.3 cm³/mol. The van der Waals surface area contributed by atoms with E-state index in [0.717, 1.165) is 31.6 Å². The monoisotopic (exact) mass is 302 g/mol. The highest BCUT2D eigenvalue weighted by atomic mass is 16.5. The van der Waals surface area contributed by atoms with E-state index in [1.165, 1.54) is 25.3 Å². The third-order valence-corrected chi connectivity index (χ3v) is 6.82. The zero-order valence-electron chi connectivity index (χ0n) is 14.6. The lowest BCUT2D eigenvalue weighted by Crippen LogP contribution is -2.47. The fourth-order valence-electron chi connectivity index (χ4n) is 5.24. The van der Waals surface area contributed by atoms with Crippen molar-refractivity contribution in [2.75, 3.05) is 0 Å². The molecule has 0 saturated heterocycles. The van der Waals surface area contributed by atoms with E-state index in [9.17, 15) is 4.79 Å². The Hall–Kier alpha value is -1.05. The smallest absolute Gasteiger partial charge is 0.302 e. The maximum absolute atomic E-state index is 11.2. The van der Waals surface area contributed by atoms with Gasteiger partial charge in [-0.3, -0.25) is 4.79 Å². The van der Waals surface area contributed by atoms with Crippen LogP contribution in [0.25, 0.3) is 0 Å². The Bertz CT molecular complexity index is 528. The first-order valence-corrected chi connectivity index (χ1v) is 8.80. The summed E-state index contributed by atoms with van der Waals surface area (Å²) in [6.45, 7) is 13.1. The first kappa shape index (κ1) is 15.8. The van der Waals surface area contributed by atoms with Crippen LogP contribution in [0, 0.1) is 22.7 Å². The summed E-state index contributed by atoms with van der Waals surface area (Å²) in [5, 5.41) is 0. The highest BCUT2D eigenvalue weighted by Gasteiger charge is 2.51. The average molecular weight is 302 g/mol. The fourth-order valence-corrected chi connectivity index (χ4v) is 5.24. The largest absolute Gasteiger partial charge is 0.462 e. The second kappa shape index (κ2) is 5.25. The van der Waals surface area contributed by atoms with Crippen molar-refractivity contribution in [3.8, 4) is 0 Å². The van der Waals surface area contributed by atoms with Gasteiger partial charge in [0, 0.05) is 13.3 Å². The van der Waals surface area contributed by atoms with Crippen LogP contribution in [0.4, 0.5) is 0 Å². The lowest BCUT2D eigenvalue weighted by molar-refractivity contribution is -0.148. The molecule has 2 heteroatoms. The summed E-state index contributed by atoms with van der Waals surface area (Å²) in [6, 6.07) is 0. The van der Waals surface area contributed by atoms with Crippen LogP contribution < -0.4 is 0 Å². The third-order valence-electron chi connectivity index (χ3n) is 6.82. The van der Waals surface area contributed by atoms with Gasteiger partial charge in [-0.15, -0.1) is 0 Å². The molecule has 0 aromatic heterocycles. The van der Waals surface area contributed by atoms with Gasteiger partial charge in [-0.2, -0.15) is 0 Å². The van der Waals surface area contributed by atoms with Gasteiger partial charge in [0.05, 0.1) is 0 Å². The summed E-state index contributed by atoms with van der Waals surface area (Å²) in [6.07, 6.45) is 9.32. The molecule has 0 spiro atoms. The maximum Gasteiger partial charge on any atom is 0.302 e. The second-order valence-electron chi connectivity index (χ2n) is 8.52. The molecule has 3 rings (SSSR count). The van der Waals surface area contributed by atoms with Crippen molar-refractivity contribution in [1.82, 2.24) is 0 Å². The number of allylic oxidation sites excluding steroid dienone is 2. The number of carbonyl (C=O) groups excluding carboxylic acids is 1. The Kier molecular flexibility index (Phi) is 3.78. The predicted octanol–water partition coefficient (Wildman–Crippen LogP) is 5.05. The molecule has 0 amide bonds. The number of hydrogen-bond donors (Lipinski definition) is 0. The zero-order chi connectivity index (χ0) is 16.1. The normalized spacial score (nSPS) is 40.3. The van der Waals surface area contributed by atoms with Crippen molar-refractivity contribution >= 4 is 5.97 Å². The molecule has 0 bridgehead atoms. The quantitative estimate of drug-likeness (QED) is 0.500. The molecule has 3 aliphatic carbocycles. The van der Waals surface area contributed by atoms with Crippen molar-refractivity contribution < 1.29 is 9.53 Å². The summed E-state index contributed by atoms with van der Waals surface area (Å²) >= 11 is 0. The summed E-state index contributed by atoms with van der Waals surface area (Å²) in [5.74, 6) is 1.23. The van der Waals surface area contributed by atoms with Crippen molar-refractivity contribution in [1.29, 1.82) is 0 Å². The van der Waals surface area contributed by atoms with Crippen molar-refractivity contribution in [3.05, 3.63) is 23.8 Å². The molecule has 0 aromatic rings. The van der Waals surface area contributed by atoms with Crippen LogP contribution in [0.2, 0.25) is 0 Å². The van der Waals surface area contributed by atoms with E-state index in [2.05, 4.69) is 33.4 Å². The van der Waals surface area contributed by atoms with Gasteiger partial charge in [-0.1, -0.05) is 44.6 Å². The van der Waals surface area contributed by atoms with Gasteiger partial charge in [0.15, 0.2) is 0 Å². The Morgan fingerprint density at radius 1 is 1.27 bits per heavy atom. The Morgan fingerprint density at radius 2 is 2.00 bits per heavy atom. The minimum atomic E-state index is -0.143. The van der Waals surface area contributed by atoms with E-state index in [0.29, 0.717) is 11.3 Å². The molecular weight excluding hydrogens is 272 g/mol. The van der Waals surface area contributed by atoms with E-state index >= 15 is 0 Å². The highest BCUT2D eigenvalue weighted by Crippen LogP contribution is 2.60. The molecule has 0 N–H and O–H groups in total. The van der Waals surface area contributed by atoms with Gasteiger partial charge >= 0.3 is 5.97 Å². The minimum Gasteiger partial charge on any atom is -0.462 e. The van der Waals surface area contributed by atoms with Crippen molar-refractivity contribution in [2.24, 2.45) is 22.7 Å². The molecule has 0 aliphatic heterocycles. The number of ether oxygens (including phenoxy) is 1. The van der Waals surface area contributed by atoms with E-state index in [-0.39, 0.29) is 17.5 Å². The molecule has 2 saturated carbocycles. The van der Waals surface area contributed by atoms with Crippen LogP contribution >= 0.6 is 0 Å². The van der Waals surface area contributed by atoms with E-state index < -0.39 is 0 Å². The molecule has 3 aliphatic rings. The maximum atomic E-state index is 11.2. The zero-order valence-corrected chi connectivity index (χ0v) is 14.6. The number of fused-ring (bicyclic) bond motifs is 3.